The van der Waals surface area contributed by atoms with Gasteiger partial charge < -0.3 is 10.6 Å². The average molecular weight is 232 g/mol. The van der Waals surface area contributed by atoms with Crippen molar-refractivity contribution < 1.29 is 0 Å². The molecule has 17 heavy (non-hydrogen) atoms. The summed E-state index contributed by atoms with van der Waals surface area (Å²) < 4.78 is 0. The highest BCUT2D eigenvalue weighted by molar-refractivity contribution is 5.54. The van der Waals surface area contributed by atoms with E-state index in [-0.39, 0.29) is 6.04 Å². The first-order valence-corrected chi connectivity index (χ1v) is 6.77. The van der Waals surface area contributed by atoms with Gasteiger partial charge in [-0.1, -0.05) is 12.1 Å². The van der Waals surface area contributed by atoms with E-state index in [1.54, 1.807) is 0 Å². The Bertz CT molecular complexity index is 365. The molecule has 0 aromatic heterocycles. The molecule has 94 valence electrons. The fourth-order valence-electron chi connectivity index (χ4n) is 2.71. The Hall–Kier alpha value is -1.02. The van der Waals surface area contributed by atoms with Crippen molar-refractivity contribution in [2.24, 2.45) is 5.73 Å². The number of hydrogen-bond donors (Lipinski definition) is 1. The summed E-state index contributed by atoms with van der Waals surface area (Å²) in [5.74, 6) is 0. The van der Waals surface area contributed by atoms with Gasteiger partial charge in [0.1, 0.15) is 0 Å². The van der Waals surface area contributed by atoms with Crippen LogP contribution >= 0.6 is 0 Å². The number of rotatable bonds is 3. The number of piperidine rings is 1. The lowest BCUT2D eigenvalue weighted by molar-refractivity contribution is 0.577. The van der Waals surface area contributed by atoms with Crippen molar-refractivity contribution >= 4 is 5.69 Å². The molecule has 0 radical (unpaired) electrons. The van der Waals surface area contributed by atoms with Crippen LogP contribution in [0.15, 0.2) is 18.2 Å². The molecule has 1 aromatic rings. The number of hydrogen-bond acceptors (Lipinski definition) is 2. The third kappa shape index (κ3) is 3.22. The van der Waals surface area contributed by atoms with E-state index >= 15 is 0 Å². The minimum Gasteiger partial charge on any atom is -0.371 e. The van der Waals surface area contributed by atoms with Crippen LogP contribution in [0.4, 0.5) is 5.69 Å². The maximum absolute atomic E-state index is 5.84. The van der Waals surface area contributed by atoms with E-state index in [1.165, 1.54) is 49.2 Å². The second-order valence-electron chi connectivity index (χ2n) is 5.35. The molecule has 0 saturated carbocycles. The van der Waals surface area contributed by atoms with Gasteiger partial charge in [0.2, 0.25) is 0 Å². The molecule has 2 rings (SSSR count). The van der Waals surface area contributed by atoms with Crippen LogP contribution in [-0.2, 0) is 6.42 Å². The number of nitrogens with two attached hydrogens (primary N) is 1. The van der Waals surface area contributed by atoms with Crippen molar-refractivity contribution in [3.8, 4) is 0 Å². The Kier molecular flexibility index (Phi) is 4.06. The van der Waals surface area contributed by atoms with Gasteiger partial charge in [0, 0.05) is 24.8 Å². The molecule has 2 heteroatoms. The van der Waals surface area contributed by atoms with E-state index in [0.717, 1.165) is 6.42 Å². The van der Waals surface area contributed by atoms with Crippen molar-refractivity contribution in [1.82, 2.24) is 0 Å². The van der Waals surface area contributed by atoms with Crippen LogP contribution in [0.1, 0.15) is 37.3 Å². The Morgan fingerprint density at radius 3 is 2.53 bits per heavy atom. The van der Waals surface area contributed by atoms with Crippen molar-refractivity contribution in [2.45, 2.75) is 45.6 Å². The fraction of sp³-hybridized carbons (Fsp3) is 0.600. The highest BCUT2D eigenvalue weighted by atomic mass is 15.1. The molecule has 2 nitrogen and oxygen atoms in total. The van der Waals surface area contributed by atoms with Gasteiger partial charge in [0.15, 0.2) is 0 Å². The monoisotopic (exact) mass is 232 g/mol. The molecule has 1 aromatic carbocycles. The van der Waals surface area contributed by atoms with Crippen molar-refractivity contribution in [1.29, 1.82) is 0 Å². The molecule has 1 atom stereocenters. The largest absolute Gasteiger partial charge is 0.371 e. The molecule has 1 fully saturated rings. The van der Waals surface area contributed by atoms with E-state index in [9.17, 15) is 0 Å². The van der Waals surface area contributed by atoms with Crippen LogP contribution in [0, 0.1) is 6.92 Å². The smallest absolute Gasteiger partial charge is 0.0396 e. The first-order chi connectivity index (χ1) is 8.16. The number of nitrogens with zero attached hydrogens (tertiary/aromatic N) is 1. The van der Waals surface area contributed by atoms with Crippen LogP contribution in [0.5, 0.6) is 0 Å². The van der Waals surface area contributed by atoms with Gasteiger partial charge in [-0.05, 0) is 56.7 Å². The Balaban J connectivity index is 2.13. The minimum atomic E-state index is 0.246. The van der Waals surface area contributed by atoms with E-state index < -0.39 is 0 Å². The van der Waals surface area contributed by atoms with Crippen LogP contribution < -0.4 is 10.6 Å². The zero-order chi connectivity index (χ0) is 12.3. The number of benzene rings is 1. The lowest BCUT2D eigenvalue weighted by Gasteiger charge is -2.30. The zero-order valence-electron chi connectivity index (χ0n) is 11.1. The standard InChI is InChI=1S/C15H24N2/c1-12-10-14(11-13(2)16)6-7-15(12)17-8-4-3-5-9-17/h6-7,10,13H,3-5,8-9,11,16H2,1-2H3. The summed E-state index contributed by atoms with van der Waals surface area (Å²) in [5.41, 5.74) is 10.0. The van der Waals surface area contributed by atoms with Gasteiger partial charge in [-0.25, -0.2) is 0 Å². The third-order valence-corrected chi connectivity index (χ3v) is 3.52. The van der Waals surface area contributed by atoms with Gasteiger partial charge in [-0.3, -0.25) is 0 Å². The topological polar surface area (TPSA) is 29.3 Å². The summed E-state index contributed by atoms with van der Waals surface area (Å²) in [5, 5.41) is 0. The van der Waals surface area contributed by atoms with Crippen molar-refractivity contribution in [2.75, 3.05) is 18.0 Å². The summed E-state index contributed by atoms with van der Waals surface area (Å²) in [6.07, 6.45) is 5.03. The van der Waals surface area contributed by atoms with Crippen LogP contribution in [-0.4, -0.2) is 19.1 Å². The van der Waals surface area contributed by atoms with E-state index in [2.05, 4.69) is 36.9 Å². The molecule has 1 heterocycles. The molecule has 1 saturated heterocycles. The lowest BCUT2D eigenvalue weighted by Crippen LogP contribution is -2.30. The molecule has 0 aliphatic carbocycles. The molecular formula is C15H24N2. The molecule has 2 N–H and O–H groups in total. The second kappa shape index (κ2) is 5.54. The van der Waals surface area contributed by atoms with Crippen molar-refractivity contribution in [3.63, 3.8) is 0 Å². The SMILES string of the molecule is Cc1cc(CC(C)N)ccc1N1CCCCC1. The number of anilines is 1. The summed E-state index contributed by atoms with van der Waals surface area (Å²) in [6, 6.07) is 7.06. The van der Waals surface area contributed by atoms with E-state index in [4.69, 9.17) is 5.73 Å². The Morgan fingerprint density at radius 2 is 1.94 bits per heavy atom. The molecule has 0 spiro atoms. The van der Waals surface area contributed by atoms with Gasteiger partial charge in [-0.15, -0.1) is 0 Å². The molecular weight excluding hydrogens is 208 g/mol. The molecule has 0 amide bonds. The van der Waals surface area contributed by atoms with Gasteiger partial charge in [0.25, 0.3) is 0 Å². The maximum Gasteiger partial charge on any atom is 0.0396 e. The van der Waals surface area contributed by atoms with E-state index in [1.807, 2.05) is 0 Å². The summed E-state index contributed by atoms with van der Waals surface area (Å²) in [7, 11) is 0. The highest BCUT2D eigenvalue weighted by Gasteiger charge is 2.13. The predicted molar refractivity (Wildman–Crippen MR) is 74.6 cm³/mol. The lowest BCUT2D eigenvalue weighted by atomic mass is 10.0. The molecule has 0 bridgehead atoms. The second-order valence-corrected chi connectivity index (χ2v) is 5.35. The highest BCUT2D eigenvalue weighted by Crippen LogP contribution is 2.24. The summed E-state index contributed by atoms with van der Waals surface area (Å²) in [4.78, 5) is 2.52. The first-order valence-electron chi connectivity index (χ1n) is 6.77. The van der Waals surface area contributed by atoms with Gasteiger partial charge in [-0.2, -0.15) is 0 Å². The first kappa shape index (κ1) is 12.4. The Morgan fingerprint density at radius 1 is 1.24 bits per heavy atom. The molecule has 1 aliphatic rings. The quantitative estimate of drug-likeness (QED) is 0.868. The third-order valence-electron chi connectivity index (χ3n) is 3.52. The van der Waals surface area contributed by atoms with Gasteiger partial charge >= 0.3 is 0 Å². The molecule has 1 unspecified atom stereocenters. The molecule has 1 aliphatic heterocycles. The van der Waals surface area contributed by atoms with Crippen molar-refractivity contribution in [3.05, 3.63) is 29.3 Å². The summed E-state index contributed by atoms with van der Waals surface area (Å²) >= 11 is 0. The minimum absolute atomic E-state index is 0.246. The fourth-order valence-corrected chi connectivity index (χ4v) is 2.71. The maximum atomic E-state index is 5.84. The van der Waals surface area contributed by atoms with E-state index in [0.29, 0.717) is 0 Å². The average Bonchev–Trinajstić information content (AvgIpc) is 2.29. The normalized spacial score (nSPS) is 18.2. The Labute approximate surface area is 105 Å². The summed E-state index contributed by atoms with van der Waals surface area (Å²) in [6.45, 7) is 6.71. The zero-order valence-corrected chi connectivity index (χ0v) is 11.1. The van der Waals surface area contributed by atoms with Crippen LogP contribution in [0.2, 0.25) is 0 Å². The number of aryl methyl sites for hydroxylation is 1. The van der Waals surface area contributed by atoms with Gasteiger partial charge in [0.05, 0.1) is 0 Å². The van der Waals surface area contributed by atoms with Crippen LogP contribution in [0.25, 0.3) is 0 Å². The van der Waals surface area contributed by atoms with Crippen LogP contribution in [0.3, 0.4) is 0 Å². The predicted octanol–water partition coefficient (Wildman–Crippen LogP) is 2.88.